The van der Waals surface area contributed by atoms with Crippen LogP contribution in [-0.4, -0.2) is 50.1 Å². The fourth-order valence-electron chi connectivity index (χ4n) is 1.84. The number of hydrogen-bond acceptors (Lipinski definition) is 4. The van der Waals surface area contributed by atoms with Crippen molar-refractivity contribution < 1.29 is 14.3 Å². The molecule has 0 heterocycles. The van der Waals surface area contributed by atoms with Crippen LogP contribution in [0.1, 0.15) is 19.8 Å². The Morgan fingerprint density at radius 2 is 2.12 bits per heavy atom. The van der Waals surface area contributed by atoms with Crippen LogP contribution < -0.4 is 5.32 Å². The SMILES string of the molecule is CCNC(=O)CN(C)C(C(=O)OC)C1CC1. The molecule has 16 heavy (non-hydrogen) atoms. The van der Waals surface area contributed by atoms with Gasteiger partial charge in [-0.2, -0.15) is 0 Å². The van der Waals surface area contributed by atoms with E-state index in [1.165, 1.54) is 7.11 Å². The summed E-state index contributed by atoms with van der Waals surface area (Å²) in [5, 5.41) is 2.71. The van der Waals surface area contributed by atoms with Crippen LogP contribution in [0.3, 0.4) is 0 Å². The van der Waals surface area contributed by atoms with Crippen LogP contribution in [0.4, 0.5) is 0 Å². The summed E-state index contributed by atoms with van der Waals surface area (Å²) >= 11 is 0. The maximum Gasteiger partial charge on any atom is 0.323 e. The molecule has 92 valence electrons. The fraction of sp³-hybridized carbons (Fsp3) is 0.818. The summed E-state index contributed by atoms with van der Waals surface area (Å²) in [5.41, 5.74) is 0. The van der Waals surface area contributed by atoms with Crippen LogP contribution in [0.15, 0.2) is 0 Å². The van der Waals surface area contributed by atoms with Crippen molar-refractivity contribution in [3.8, 4) is 0 Å². The maximum absolute atomic E-state index is 11.6. The summed E-state index contributed by atoms with van der Waals surface area (Å²) in [4.78, 5) is 24.8. The number of nitrogens with one attached hydrogen (secondary N) is 1. The second-order valence-electron chi connectivity index (χ2n) is 4.17. The van der Waals surface area contributed by atoms with Crippen LogP contribution in [0.5, 0.6) is 0 Å². The van der Waals surface area contributed by atoms with Gasteiger partial charge in [-0.25, -0.2) is 0 Å². The molecule has 1 aliphatic rings. The zero-order valence-electron chi connectivity index (χ0n) is 10.2. The van der Waals surface area contributed by atoms with Gasteiger partial charge < -0.3 is 10.1 Å². The van der Waals surface area contributed by atoms with E-state index in [1.807, 2.05) is 6.92 Å². The van der Waals surface area contributed by atoms with E-state index in [1.54, 1.807) is 11.9 Å². The van der Waals surface area contributed by atoms with Gasteiger partial charge in [-0.1, -0.05) is 0 Å². The van der Waals surface area contributed by atoms with E-state index >= 15 is 0 Å². The van der Waals surface area contributed by atoms with Crippen LogP contribution in [0.2, 0.25) is 0 Å². The minimum absolute atomic E-state index is 0.0560. The molecular weight excluding hydrogens is 208 g/mol. The van der Waals surface area contributed by atoms with E-state index in [0.717, 1.165) is 12.8 Å². The Kier molecular flexibility index (Phi) is 4.73. The lowest BCUT2D eigenvalue weighted by Gasteiger charge is -2.25. The number of carbonyl (C=O) groups is 2. The molecule has 5 heteroatoms. The number of nitrogens with zero attached hydrogens (tertiary/aromatic N) is 1. The van der Waals surface area contributed by atoms with Gasteiger partial charge >= 0.3 is 5.97 Å². The molecule has 0 radical (unpaired) electrons. The molecular formula is C11H20N2O3. The lowest BCUT2D eigenvalue weighted by Crippen LogP contribution is -2.46. The van der Waals surface area contributed by atoms with Crippen molar-refractivity contribution in [2.45, 2.75) is 25.8 Å². The van der Waals surface area contributed by atoms with Gasteiger partial charge in [0.15, 0.2) is 0 Å². The molecule has 5 nitrogen and oxygen atoms in total. The van der Waals surface area contributed by atoms with Crippen LogP contribution >= 0.6 is 0 Å². The summed E-state index contributed by atoms with van der Waals surface area (Å²) < 4.78 is 4.76. The molecule has 0 spiro atoms. The highest BCUT2D eigenvalue weighted by Crippen LogP contribution is 2.35. The second kappa shape index (κ2) is 5.84. The molecule has 0 bridgehead atoms. The van der Waals surface area contributed by atoms with Crippen LogP contribution in [-0.2, 0) is 14.3 Å². The number of esters is 1. The van der Waals surface area contributed by atoms with Gasteiger partial charge in [0.1, 0.15) is 6.04 Å². The third-order valence-electron chi connectivity index (χ3n) is 2.75. The first-order valence-corrected chi connectivity index (χ1v) is 5.64. The van der Waals surface area contributed by atoms with Crippen LogP contribution in [0, 0.1) is 5.92 Å². The van der Waals surface area contributed by atoms with Gasteiger partial charge in [0.2, 0.25) is 5.91 Å². The molecule has 0 saturated heterocycles. The van der Waals surface area contributed by atoms with E-state index < -0.39 is 0 Å². The first-order valence-electron chi connectivity index (χ1n) is 5.64. The largest absolute Gasteiger partial charge is 0.468 e. The number of amides is 1. The van der Waals surface area contributed by atoms with Gasteiger partial charge in [-0.3, -0.25) is 14.5 Å². The van der Waals surface area contributed by atoms with Crippen LogP contribution in [0.25, 0.3) is 0 Å². The van der Waals surface area contributed by atoms with E-state index in [9.17, 15) is 9.59 Å². The molecule has 0 aromatic rings. The highest BCUT2D eigenvalue weighted by molar-refractivity contribution is 5.80. The predicted molar refractivity (Wildman–Crippen MR) is 59.8 cm³/mol. The van der Waals surface area contributed by atoms with E-state index in [0.29, 0.717) is 12.5 Å². The molecule has 1 aliphatic carbocycles. The van der Waals surface area contributed by atoms with E-state index in [4.69, 9.17) is 4.74 Å². The topological polar surface area (TPSA) is 58.6 Å². The van der Waals surface area contributed by atoms with Crippen molar-refractivity contribution in [1.29, 1.82) is 0 Å². The molecule has 1 N–H and O–H groups in total. The number of methoxy groups -OCH3 is 1. The number of hydrogen-bond donors (Lipinski definition) is 1. The van der Waals surface area contributed by atoms with Crippen molar-refractivity contribution >= 4 is 11.9 Å². The number of likely N-dealkylation sites (N-methyl/N-ethyl adjacent to an activating group) is 2. The Morgan fingerprint density at radius 1 is 1.50 bits per heavy atom. The van der Waals surface area contributed by atoms with Crippen molar-refractivity contribution in [1.82, 2.24) is 10.2 Å². The van der Waals surface area contributed by atoms with Crippen molar-refractivity contribution in [3.05, 3.63) is 0 Å². The second-order valence-corrected chi connectivity index (χ2v) is 4.17. The Morgan fingerprint density at radius 3 is 2.56 bits per heavy atom. The number of rotatable bonds is 6. The summed E-state index contributed by atoms with van der Waals surface area (Å²) in [5.74, 6) is 0.0562. The summed E-state index contributed by atoms with van der Waals surface area (Å²) in [7, 11) is 3.17. The Balaban J connectivity index is 2.50. The summed E-state index contributed by atoms with van der Waals surface area (Å²) in [6.45, 7) is 2.72. The molecule has 0 aromatic carbocycles. The Labute approximate surface area is 96.1 Å². The molecule has 1 saturated carbocycles. The molecule has 1 atom stereocenters. The lowest BCUT2D eigenvalue weighted by atomic mass is 10.1. The fourth-order valence-corrected chi connectivity index (χ4v) is 1.84. The molecule has 1 amide bonds. The first kappa shape index (κ1) is 13.0. The maximum atomic E-state index is 11.6. The third-order valence-corrected chi connectivity index (χ3v) is 2.75. The third kappa shape index (κ3) is 3.48. The van der Waals surface area contributed by atoms with E-state index in [-0.39, 0.29) is 24.5 Å². The summed E-state index contributed by atoms with van der Waals surface area (Å²) in [6.07, 6.45) is 2.08. The van der Waals surface area contributed by atoms with Gasteiger partial charge in [-0.15, -0.1) is 0 Å². The number of carbonyl (C=O) groups excluding carboxylic acids is 2. The quantitative estimate of drug-likeness (QED) is 0.650. The Hall–Kier alpha value is -1.10. The van der Waals surface area contributed by atoms with Gasteiger partial charge in [0.05, 0.1) is 13.7 Å². The lowest BCUT2D eigenvalue weighted by molar-refractivity contribution is -0.147. The Bertz CT molecular complexity index is 264. The molecule has 0 aromatic heterocycles. The molecule has 1 unspecified atom stereocenters. The monoisotopic (exact) mass is 228 g/mol. The molecule has 1 fully saturated rings. The van der Waals surface area contributed by atoms with Crippen molar-refractivity contribution in [3.63, 3.8) is 0 Å². The average molecular weight is 228 g/mol. The molecule has 1 rings (SSSR count). The van der Waals surface area contributed by atoms with Crippen molar-refractivity contribution in [2.75, 3.05) is 27.2 Å². The van der Waals surface area contributed by atoms with Crippen molar-refractivity contribution in [2.24, 2.45) is 5.92 Å². The minimum Gasteiger partial charge on any atom is -0.468 e. The highest BCUT2D eigenvalue weighted by Gasteiger charge is 2.40. The van der Waals surface area contributed by atoms with Gasteiger partial charge in [-0.05, 0) is 32.7 Å². The minimum atomic E-state index is -0.271. The standard InChI is InChI=1S/C11H20N2O3/c1-4-12-9(14)7-13(2)10(8-5-6-8)11(15)16-3/h8,10H,4-7H2,1-3H3,(H,12,14). The zero-order chi connectivity index (χ0) is 12.1. The van der Waals surface area contributed by atoms with Gasteiger partial charge in [0.25, 0.3) is 0 Å². The zero-order valence-corrected chi connectivity index (χ0v) is 10.2. The highest BCUT2D eigenvalue weighted by atomic mass is 16.5. The average Bonchev–Trinajstić information content (AvgIpc) is 3.02. The summed E-state index contributed by atoms with van der Waals surface area (Å²) in [6, 6.07) is -0.271. The smallest absolute Gasteiger partial charge is 0.323 e. The number of ether oxygens (including phenoxy) is 1. The van der Waals surface area contributed by atoms with E-state index in [2.05, 4.69) is 5.32 Å². The normalized spacial score (nSPS) is 17.0. The predicted octanol–water partition coefficient (Wildman–Crippen LogP) is 0.00590. The first-order chi connectivity index (χ1) is 7.60. The van der Waals surface area contributed by atoms with Gasteiger partial charge in [0, 0.05) is 6.54 Å². The molecule has 0 aliphatic heterocycles.